The molecule has 0 aromatic heterocycles. The third-order valence-electron chi connectivity index (χ3n) is 3.27. The van der Waals surface area contributed by atoms with Crippen molar-refractivity contribution in [2.45, 2.75) is 4.90 Å². The highest BCUT2D eigenvalue weighted by atomic mass is 35.5. The highest BCUT2D eigenvalue weighted by molar-refractivity contribution is 7.92. The molecule has 9 heteroatoms. The number of methoxy groups -OCH3 is 1. The van der Waals surface area contributed by atoms with Crippen LogP contribution in [0, 0.1) is 0 Å². The molecule has 24 heavy (non-hydrogen) atoms. The molecule has 0 radical (unpaired) electrons. The van der Waals surface area contributed by atoms with E-state index in [1.165, 1.54) is 31.4 Å². The minimum Gasteiger partial charge on any atom is -0.465 e. The molecule has 0 spiro atoms. The van der Waals surface area contributed by atoms with E-state index in [1.807, 2.05) is 0 Å². The summed E-state index contributed by atoms with van der Waals surface area (Å²) in [6.45, 7) is 0.0819. The quantitative estimate of drug-likeness (QED) is 0.833. The lowest BCUT2D eigenvalue weighted by Crippen LogP contribution is -2.14. The lowest BCUT2D eigenvalue weighted by molar-refractivity contribution is 0.0600. The van der Waals surface area contributed by atoms with Crippen molar-refractivity contribution in [2.75, 3.05) is 18.6 Å². The second-order valence-corrected chi connectivity index (χ2v) is 6.87. The first-order chi connectivity index (χ1) is 11.4. The molecule has 7 nitrogen and oxygen atoms in total. The predicted octanol–water partition coefficient (Wildman–Crippen LogP) is 2.66. The van der Waals surface area contributed by atoms with Gasteiger partial charge in [0.2, 0.25) is 6.79 Å². The number of nitrogens with one attached hydrogen (secondary N) is 1. The van der Waals surface area contributed by atoms with Gasteiger partial charge in [0, 0.05) is 6.07 Å². The number of halogens is 1. The van der Waals surface area contributed by atoms with Gasteiger partial charge in [0.15, 0.2) is 11.5 Å². The van der Waals surface area contributed by atoms with E-state index >= 15 is 0 Å². The maximum atomic E-state index is 12.6. The fourth-order valence-corrected chi connectivity index (χ4v) is 3.70. The Balaban J connectivity index is 1.94. The molecule has 2 aromatic rings. The van der Waals surface area contributed by atoms with Crippen LogP contribution in [0.15, 0.2) is 41.3 Å². The highest BCUT2D eigenvalue weighted by Crippen LogP contribution is 2.35. The van der Waals surface area contributed by atoms with Crippen LogP contribution in [-0.4, -0.2) is 28.3 Å². The van der Waals surface area contributed by atoms with E-state index in [4.69, 9.17) is 21.1 Å². The summed E-state index contributed by atoms with van der Waals surface area (Å²) < 4.78 is 42.5. The molecule has 1 N–H and O–H groups in total. The number of esters is 1. The second-order valence-electron chi connectivity index (χ2n) is 4.81. The molecule has 0 aliphatic carbocycles. The molecule has 3 rings (SSSR count). The van der Waals surface area contributed by atoms with Crippen molar-refractivity contribution < 1.29 is 27.4 Å². The molecule has 0 saturated carbocycles. The van der Waals surface area contributed by atoms with Crippen LogP contribution >= 0.6 is 11.6 Å². The SMILES string of the molecule is COC(=O)c1ccc(Cl)c(S(=O)(=O)Nc2ccc3c(c2)OCO3)c1. The summed E-state index contributed by atoms with van der Waals surface area (Å²) in [4.78, 5) is 11.3. The van der Waals surface area contributed by atoms with Gasteiger partial charge >= 0.3 is 5.97 Å². The van der Waals surface area contributed by atoms with Crippen LogP contribution < -0.4 is 14.2 Å². The Morgan fingerprint density at radius 3 is 2.67 bits per heavy atom. The molecular weight excluding hydrogens is 358 g/mol. The summed E-state index contributed by atoms with van der Waals surface area (Å²) >= 11 is 5.97. The zero-order chi connectivity index (χ0) is 17.3. The zero-order valence-electron chi connectivity index (χ0n) is 12.4. The van der Waals surface area contributed by atoms with Gasteiger partial charge in [-0.1, -0.05) is 11.6 Å². The van der Waals surface area contributed by atoms with E-state index in [0.717, 1.165) is 6.07 Å². The Labute approximate surface area is 143 Å². The van der Waals surface area contributed by atoms with Gasteiger partial charge in [0.1, 0.15) is 4.90 Å². The number of sulfonamides is 1. The number of ether oxygens (including phenoxy) is 3. The van der Waals surface area contributed by atoms with Gasteiger partial charge in [-0.05, 0) is 30.3 Å². The largest absolute Gasteiger partial charge is 0.465 e. The van der Waals surface area contributed by atoms with Crippen LogP contribution in [0.2, 0.25) is 5.02 Å². The average Bonchev–Trinajstić information content (AvgIpc) is 3.01. The molecule has 0 amide bonds. The topological polar surface area (TPSA) is 90.9 Å². The molecule has 1 aliphatic rings. The lowest BCUT2D eigenvalue weighted by atomic mass is 10.2. The van der Waals surface area contributed by atoms with Crippen LogP contribution in [0.4, 0.5) is 5.69 Å². The van der Waals surface area contributed by atoms with E-state index in [2.05, 4.69) is 9.46 Å². The minimum atomic E-state index is -4.01. The number of fused-ring (bicyclic) bond motifs is 1. The summed E-state index contributed by atoms with van der Waals surface area (Å²) in [6.07, 6.45) is 0. The van der Waals surface area contributed by atoms with Crippen molar-refractivity contribution in [3.63, 3.8) is 0 Å². The van der Waals surface area contributed by atoms with Crippen LogP contribution in [0.25, 0.3) is 0 Å². The summed E-state index contributed by atoms with van der Waals surface area (Å²) in [5.41, 5.74) is 0.353. The molecule has 126 valence electrons. The van der Waals surface area contributed by atoms with Crippen LogP contribution in [-0.2, 0) is 14.8 Å². The Hall–Kier alpha value is -2.45. The van der Waals surface area contributed by atoms with Gasteiger partial charge in [-0.3, -0.25) is 4.72 Å². The first-order valence-electron chi connectivity index (χ1n) is 6.71. The highest BCUT2D eigenvalue weighted by Gasteiger charge is 2.22. The maximum absolute atomic E-state index is 12.6. The van der Waals surface area contributed by atoms with E-state index < -0.39 is 16.0 Å². The number of carbonyl (C=O) groups excluding carboxylic acids is 1. The van der Waals surface area contributed by atoms with Crippen molar-refractivity contribution in [1.29, 1.82) is 0 Å². The molecule has 0 atom stereocenters. The van der Waals surface area contributed by atoms with Crippen LogP contribution in [0.5, 0.6) is 11.5 Å². The number of hydrogen-bond acceptors (Lipinski definition) is 6. The minimum absolute atomic E-state index is 0.0177. The second kappa shape index (κ2) is 6.21. The monoisotopic (exact) mass is 369 g/mol. The first kappa shape index (κ1) is 16.4. The smallest absolute Gasteiger partial charge is 0.337 e. The van der Waals surface area contributed by atoms with Gasteiger partial charge in [-0.25, -0.2) is 13.2 Å². The first-order valence-corrected chi connectivity index (χ1v) is 8.57. The van der Waals surface area contributed by atoms with Gasteiger partial charge < -0.3 is 14.2 Å². The molecular formula is C15H12ClNO6S. The molecule has 1 aliphatic heterocycles. The normalized spacial score (nSPS) is 12.8. The number of hydrogen-bond donors (Lipinski definition) is 1. The van der Waals surface area contributed by atoms with Crippen molar-refractivity contribution in [2.24, 2.45) is 0 Å². The van der Waals surface area contributed by atoms with Crippen molar-refractivity contribution in [3.05, 3.63) is 47.0 Å². The third kappa shape index (κ3) is 3.10. The Bertz CT molecular complexity index is 912. The molecule has 0 bridgehead atoms. The summed E-state index contributed by atoms with van der Waals surface area (Å²) in [5.74, 6) is 0.305. The summed E-state index contributed by atoms with van der Waals surface area (Å²) in [5, 5.41) is -0.0177. The van der Waals surface area contributed by atoms with Crippen LogP contribution in [0.3, 0.4) is 0 Å². The van der Waals surface area contributed by atoms with E-state index in [0.29, 0.717) is 11.5 Å². The number of benzene rings is 2. The zero-order valence-corrected chi connectivity index (χ0v) is 14.0. The van der Waals surface area contributed by atoms with E-state index in [-0.39, 0.29) is 28.0 Å². The van der Waals surface area contributed by atoms with Gasteiger partial charge in [-0.15, -0.1) is 0 Å². The standard InChI is InChI=1S/C15H12ClNO6S/c1-21-15(18)9-2-4-11(16)14(6-9)24(19,20)17-10-3-5-12-13(7-10)23-8-22-12/h2-7,17H,8H2,1H3. The number of carbonyl (C=O) groups is 1. The molecule has 0 fully saturated rings. The number of rotatable bonds is 4. The van der Waals surface area contributed by atoms with Crippen molar-refractivity contribution >= 4 is 33.3 Å². The van der Waals surface area contributed by atoms with Crippen molar-refractivity contribution in [3.8, 4) is 11.5 Å². The maximum Gasteiger partial charge on any atom is 0.337 e. The van der Waals surface area contributed by atoms with E-state index in [1.54, 1.807) is 6.07 Å². The fraction of sp³-hybridized carbons (Fsp3) is 0.133. The Morgan fingerprint density at radius 1 is 1.17 bits per heavy atom. The van der Waals surface area contributed by atoms with Crippen LogP contribution in [0.1, 0.15) is 10.4 Å². The lowest BCUT2D eigenvalue weighted by Gasteiger charge is -2.11. The fourth-order valence-electron chi connectivity index (χ4n) is 2.12. The van der Waals surface area contributed by atoms with Crippen molar-refractivity contribution in [1.82, 2.24) is 0 Å². The molecule has 0 saturated heterocycles. The predicted molar refractivity (Wildman–Crippen MR) is 86.2 cm³/mol. The van der Waals surface area contributed by atoms with E-state index in [9.17, 15) is 13.2 Å². The summed E-state index contributed by atoms with van der Waals surface area (Å²) in [7, 11) is -2.81. The Morgan fingerprint density at radius 2 is 1.92 bits per heavy atom. The average molecular weight is 370 g/mol. The summed E-state index contributed by atoms with van der Waals surface area (Å²) in [6, 6.07) is 8.48. The molecule has 0 unspecified atom stereocenters. The van der Waals surface area contributed by atoms with Gasteiger partial charge in [0.25, 0.3) is 10.0 Å². The molecule has 2 aromatic carbocycles. The van der Waals surface area contributed by atoms with Gasteiger partial charge in [-0.2, -0.15) is 0 Å². The molecule has 1 heterocycles. The third-order valence-corrected chi connectivity index (χ3v) is 5.13. The van der Waals surface area contributed by atoms with Gasteiger partial charge in [0.05, 0.1) is 23.4 Å². The number of anilines is 1. The Kier molecular flexibility index (Phi) is 4.25.